The van der Waals surface area contributed by atoms with E-state index in [-0.39, 0.29) is 0 Å². The molecule has 1 rings (SSSR count). The molecule has 0 radical (unpaired) electrons. The fourth-order valence-electron chi connectivity index (χ4n) is 1.35. The summed E-state index contributed by atoms with van der Waals surface area (Å²) in [5, 5.41) is 12.6. The van der Waals surface area contributed by atoms with Gasteiger partial charge in [0, 0.05) is 19.1 Å². The minimum atomic E-state index is 0.535. The monoisotopic (exact) mass is 251 g/mol. The van der Waals surface area contributed by atoms with E-state index in [1.165, 1.54) is 0 Å². The molecule has 1 aromatic rings. The molecular formula is C13H18ClN3. The minimum Gasteiger partial charge on any atom is -0.383 e. The number of hydrogen-bond acceptors (Lipinski definition) is 3. The molecule has 0 aliphatic heterocycles. The molecule has 0 aromatic heterocycles. The Labute approximate surface area is 108 Å². The van der Waals surface area contributed by atoms with Crippen molar-refractivity contribution >= 4 is 17.3 Å². The van der Waals surface area contributed by atoms with E-state index in [4.69, 9.17) is 16.9 Å². The molecule has 0 aliphatic rings. The van der Waals surface area contributed by atoms with Crippen LogP contribution in [0.2, 0.25) is 5.02 Å². The number of rotatable bonds is 5. The highest BCUT2D eigenvalue weighted by Crippen LogP contribution is 2.22. The van der Waals surface area contributed by atoms with E-state index < -0.39 is 0 Å². The van der Waals surface area contributed by atoms with Crippen LogP contribution in [-0.2, 0) is 0 Å². The van der Waals surface area contributed by atoms with E-state index >= 15 is 0 Å². The number of halogens is 1. The van der Waals surface area contributed by atoms with Crippen LogP contribution in [0.4, 0.5) is 5.69 Å². The molecule has 3 nitrogen and oxygen atoms in total. The smallest absolute Gasteiger partial charge is 0.0992 e. The highest BCUT2D eigenvalue weighted by molar-refractivity contribution is 6.33. The number of hydrogen-bond donors (Lipinski definition) is 1. The summed E-state index contributed by atoms with van der Waals surface area (Å²) in [6.07, 6.45) is 0. The van der Waals surface area contributed by atoms with Crippen molar-refractivity contribution in [3.8, 4) is 6.07 Å². The maximum Gasteiger partial charge on any atom is 0.0992 e. The molecule has 92 valence electrons. The largest absolute Gasteiger partial charge is 0.383 e. The summed E-state index contributed by atoms with van der Waals surface area (Å²) in [7, 11) is 2.09. The molecule has 0 aliphatic carbocycles. The van der Waals surface area contributed by atoms with Crippen LogP contribution in [0.15, 0.2) is 18.2 Å². The third kappa shape index (κ3) is 4.26. The Hall–Kier alpha value is -1.24. The van der Waals surface area contributed by atoms with Crippen molar-refractivity contribution in [3.05, 3.63) is 28.8 Å². The second-order valence-electron chi connectivity index (χ2n) is 4.31. The second kappa shape index (κ2) is 6.48. The molecule has 17 heavy (non-hydrogen) atoms. The summed E-state index contributed by atoms with van der Waals surface area (Å²) < 4.78 is 0. The first-order chi connectivity index (χ1) is 8.04. The lowest BCUT2D eigenvalue weighted by Gasteiger charge is -2.21. The van der Waals surface area contributed by atoms with Crippen molar-refractivity contribution in [2.75, 3.05) is 25.5 Å². The number of nitrogens with zero attached hydrogens (tertiary/aromatic N) is 2. The fourth-order valence-corrected chi connectivity index (χ4v) is 1.60. The molecule has 4 heteroatoms. The average molecular weight is 252 g/mol. The molecule has 0 fully saturated rings. The van der Waals surface area contributed by atoms with E-state index in [9.17, 15) is 0 Å². The molecular weight excluding hydrogens is 234 g/mol. The van der Waals surface area contributed by atoms with E-state index in [1.807, 2.05) is 6.07 Å². The lowest BCUT2D eigenvalue weighted by atomic mass is 10.2. The number of likely N-dealkylation sites (N-methyl/N-ethyl adjacent to an activating group) is 1. The van der Waals surface area contributed by atoms with Crippen molar-refractivity contribution in [2.45, 2.75) is 19.9 Å². The van der Waals surface area contributed by atoms with Crippen molar-refractivity contribution in [2.24, 2.45) is 0 Å². The summed E-state index contributed by atoms with van der Waals surface area (Å²) >= 11 is 6.06. The van der Waals surface area contributed by atoms with E-state index in [0.717, 1.165) is 18.8 Å². The summed E-state index contributed by atoms with van der Waals surface area (Å²) in [5.41, 5.74) is 1.46. The van der Waals surface area contributed by atoms with Crippen molar-refractivity contribution in [3.63, 3.8) is 0 Å². The van der Waals surface area contributed by atoms with Crippen LogP contribution in [0, 0.1) is 11.3 Å². The van der Waals surface area contributed by atoms with Crippen LogP contribution in [0.3, 0.4) is 0 Å². The first kappa shape index (κ1) is 13.8. The normalized spacial score (nSPS) is 10.6. The maximum atomic E-state index is 8.73. The van der Waals surface area contributed by atoms with Gasteiger partial charge in [0.25, 0.3) is 0 Å². The van der Waals surface area contributed by atoms with Crippen molar-refractivity contribution in [1.29, 1.82) is 5.26 Å². The van der Waals surface area contributed by atoms with Gasteiger partial charge in [-0.15, -0.1) is 0 Å². The molecule has 0 heterocycles. The average Bonchev–Trinajstić information content (AvgIpc) is 2.30. The quantitative estimate of drug-likeness (QED) is 0.875. The summed E-state index contributed by atoms with van der Waals surface area (Å²) in [6.45, 7) is 6.11. The Kier molecular flexibility index (Phi) is 5.27. The Morgan fingerprint density at radius 3 is 2.71 bits per heavy atom. The molecule has 0 bridgehead atoms. The Bertz CT molecular complexity index is 410. The Morgan fingerprint density at radius 2 is 2.18 bits per heavy atom. The van der Waals surface area contributed by atoms with Crippen LogP contribution >= 0.6 is 11.6 Å². The van der Waals surface area contributed by atoms with Gasteiger partial charge in [-0.1, -0.05) is 11.6 Å². The van der Waals surface area contributed by atoms with Gasteiger partial charge in [-0.2, -0.15) is 5.26 Å². The van der Waals surface area contributed by atoms with Gasteiger partial charge >= 0.3 is 0 Å². The van der Waals surface area contributed by atoms with Gasteiger partial charge < -0.3 is 10.2 Å². The Balaban J connectivity index is 2.50. The fraction of sp³-hybridized carbons (Fsp3) is 0.462. The highest BCUT2D eigenvalue weighted by Gasteiger charge is 2.04. The van der Waals surface area contributed by atoms with E-state index in [2.05, 4.69) is 37.2 Å². The molecule has 0 saturated heterocycles. The maximum absolute atomic E-state index is 8.73. The molecule has 0 spiro atoms. The standard InChI is InChI=1S/C13H18ClN3/c1-10(2)17(3)7-6-16-13-5-4-11(9-15)8-12(13)14/h4-5,8,10,16H,6-7H2,1-3H3. The zero-order valence-corrected chi connectivity index (χ0v) is 11.3. The molecule has 1 N–H and O–H groups in total. The number of anilines is 1. The lowest BCUT2D eigenvalue weighted by molar-refractivity contribution is 0.284. The summed E-state index contributed by atoms with van der Waals surface area (Å²) in [6, 6.07) is 7.88. The Morgan fingerprint density at radius 1 is 1.47 bits per heavy atom. The molecule has 1 aromatic carbocycles. The van der Waals surface area contributed by atoms with Crippen LogP contribution in [0.5, 0.6) is 0 Å². The van der Waals surface area contributed by atoms with Crippen LogP contribution in [0.1, 0.15) is 19.4 Å². The van der Waals surface area contributed by atoms with Crippen LogP contribution in [-0.4, -0.2) is 31.1 Å². The number of benzene rings is 1. The van der Waals surface area contributed by atoms with Gasteiger partial charge in [0.05, 0.1) is 22.3 Å². The molecule has 0 unspecified atom stereocenters. The second-order valence-corrected chi connectivity index (χ2v) is 4.71. The van der Waals surface area contributed by atoms with Crippen LogP contribution in [0.25, 0.3) is 0 Å². The first-order valence-corrected chi connectivity index (χ1v) is 6.06. The molecule has 0 saturated carbocycles. The predicted molar refractivity (Wildman–Crippen MR) is 72.4 cm³/mol. The SMILES string of the molecule is CC(C)N(C)CCNc1ccc(C#N)cc1Cl. The molecule has 0 atom stereocenters. The van der Waals surface area contributed by atoms with Gasteiger partial charge in [-0.05, 0) is 39.1 Å². The van der Waals surface area contributed by atoms with Crippen molar-refractivity contribution < 1.29 is 0 Å². The molecule has 0 amide bonds. The zero-order valence-electron chi connectivity index (χ0n) is 10.5. The van der Waals surface area contributed by atoms with E-state index in [1.54, 1.807) is 12.1 Å². The van der Waals surface area contributed by atoms with E-state index in [0.29, 0.717) is 16.6 Å². The lowest BCUT2D eigenvalue weighted by Crippen LogP contribution is -2.31. The number of nitrogens with one attached hydrogen (secondary N) is 1. The summed E-state index contributed by atoms with van der Waals surface area (Å²) in [4.78, 5) is 2.25. The van der Waals surface area contributed by atoms with Crippen LogP contribution < -0.4 is 5.32 Å². The van der Waals surface area contributed by atoms with Gasteiger partial charge in [-0.3, -0.25) is 0 Å². The number of nitriles is 1. The predicted octanol–water partition coefficient (Wildman–Crippen LogP) is 2.96. The van der Waals surface area contributed by atoms with Gasteiger partial charge in [0.2, 0.25) is 0 Å². The highest BCUT2D eigenvalue weighted by atomic mass is 35.5. The topological polar surface area (TPSA) is 39.1 Å². The zero-order chi connectivity index (χ0) is 12.8. The third-order valence-electron chi connectivity index (χ3n) is 2.76. The van der Waals surface area contributed by atoms with Gasteiger partial charge in [-0.25, -0.2) is 0 Å². The first-order valence-electron chi connectivity index (χ1n) is 5.68. The van der Waals surface area contributed by atoms with Gasteiger partial charge in [0.1, 0.15) is 0 Å². The van der Waals surface area contributed by atoms with Crippen molar-refractivity contribution in [1.82, 2.24) is 4.90 Å². The van der Waals surface area contributed by atoms with Gasteiger partial charge in [0.15, 0.2) is 0 Å². The third-order valence-corrected chi connectivity index (χ3v) is 3.07. The summed E-state index contributed by atoms with van der Waals surface area (Å²) in [5.74, 6) is 0. The minimum absolute atomic E-state index is 0.535.